The van der Waals surface area contributed by atoms with E-state index in [2.05, 4.69) is 0 Å². The molecule has 0 unspecified atom stereocenters. The summed E-state index contributed by atoms with van der Waals surface area (Å²) in [5.74, 6) is 0.0821. The minimum absolute atomic E-state index is 0.0821. The molecule has 1 nitrogen and oxygen atoms in total. The summed E-state index contributed by atoms with van der Waals surface area (Å²) < 4.78 is 0. The molecule has 0 heterocycles. The molecule has 0 spiro atoms. The first kappa shape index (κ1) is 11.6. The summed E-state index contributed by atoms with van der Waals surface area (Å²) in [6.07, 6.45) is 0. The monoisotopic (exact) mass is 270 g/mol. The molecule has 0 amide bonds. The fraction of sp³-hybridized carbons (Fsp3) is 0. The molecule has 2 rings (SSSR count). The van der Waals surface area contributed by atoms with E-state index in [4.69, 9.17) is 23.2 Å². The van der Waals surface area contributed by atoms with E-state index in [1.54, 1.807) is 12.1 Å². The molecule has 0 aliphatic carbocycles. The molecule has 0 aromatic heterocycles. The molecular weight excluding hydrogens is 263 g/mol. The van der Waals surface area contributed by atoms with Crippen molar-refractivity contribution in [2.24, 2.45) is 0 Å². The van der Waals surface area contributed by atoms with Crippen molar-refractivity contribution in [1.29, 1.82) is 0 Å². The number of phenols is 1. The Balaban J connectivity index is 2.35. The molecule has 0 atom stereocenters. The van der Waals surface area contributed by atoms with Gasteiger partial charge in [-0.3, -0.25) is 0 Å². The van der Waals surface area contributed by atoms with Crippen molar-refractivity contribution < 1.29 is 5.11 Å². The van der Waals surface area contributed by atoms with Gasteiger partial charge in [-0.1, -0.05) is 53.2 Å². The van der Waals surface area contributed by atoms with Gasteiger partial charge in [0.25, 0.3) is 0 Å². The van der Waals surface area contributed by atoms with Crippen LogP contribution in [0.25, 0.3) is 0 Å². The van der Waals surface area contributed by atoms with Crippen molar-refractivity contribution in [1.82, 2.24) is 0 Å². The van der Waals surface area contributed by atoms with Crippen LogP contribution in [0.15, 0.2) is 52.3 Å². The van der Waals surface area contributed by atoms with Crippen molar-refractivity contribution >= 4 is 35.0 Å². The second-order valence-corrected chi connectivity index (χ2v) is 4.99. The van der Waals surface area contributed by atoms with E-state index in [0.717, 1.165) is 9.79 Å². The third kappa shape index (κ3) is 2.46. The topological polar surface area (TPSA) is 20.2 Å². The first-order valence-electron chi connectivity index (χ1n) is 4.58. The molecule has 0 saturated heterocycles. The highest BCUT2D eigenvalue weighted by molar-refractivity contribution is 7.99. The maximum atomic E-state index is 9.47. The van der Waals surface area contributed by atoms with Crippen molar-refractivity contribution in [3.8, 4) is 5.75 Å². The molecule has 2 aromatic carbocycles. The maximum Gasteiger partial charge on any atom is 0.135 e. The normalized spacial score (nSPS) is 10.4. The Bertz CT molecular complexity index is 514. The van der Waals surface area contributed by atoms with Gasteiger partial charge < -0.3 is 5.11 Å². The van der Waals surface area contributed by atoms with Gasteiger partial charge >= 0.3 is 0 Å². The number of phenolic OH excluding ortho intramolecular Hbond substituents is 1. The van der Waals surface area contributed by atoms with Crippen molar-refractivity contribution in [3.63, 3.8) is 0 Å². The zero-order chi connectivity index (χ0) is 11.5. The zero-order valence-electron chi connectivity index (χ0n) is 8.15. The number of hydrogen-bond donors (Lipinski definition) is 1. The first-order chi connectivity index (χ1) is 7.68. The summed E-state index contributed by atoms with van der Waals surface area (Å²) in [4.78, 5) is 1.70. The van der Waals surface area contributed by atoms with Crippen LogP contribution in [-0.4, -0.2) is 5.11 Å². The fourth-order valence-corrected chi connectivity index (χ4v) is 2.61. The summed E-state index contributed by atoms with van der Waals surface area (Å²) in [5, 5.41) is 10.5. The summed E-state index contributed by atoms with van der Waals surface area (Å²) in [6, 6.07) is 12.7. The average molecular weight is 271 g/mol. The van der Waals surface area contributed by atoms with E-state index < -0.39 is 0 Å². The lowest BCUT2D eigenvalue weighted by Gasteiger charge is -2.06. The van der Waals surface area contributed by atoms with Gasteiger partial charge in [-0.05, 0) is 24.3 Å². The third-order valence-electron chi connectivity index (χ3n) is 2.00. The fourth-order valence-electron chi connectivity index (χ4n) is 1.22. The Morgan fingerprint density at radius 3 is 2.31 bits per heavy atom. The predicted octanol–water partition coefficient (Wildman–Crippen LogP) is 4.85. The van der Waals surface area contributed by atoms with Crippen LogP contribution in [0.3, 0.4) is 0 Å². The number of hydrogen-bond acceptors (Lipinski definition) is 2. The van der Waals surface area contributed by atoms with Crippen LogP contribution in [0.1, 0.15) is 0 Å². The van der Waals surface area contributed by atoms with E-state index in [1.807, 2.05) is 30.3 Å². The van der Waals surface area contributed by atoms with E-state index >= 15 is 0 Å². The highest BCUT2D eigenvalue weighted by atomic mass is 35.5. The first-order valence-corrected chi connectivity index (χ1v) is 6.15. The Hall–Kier alpha value is -0.830. The van der Waals surface area contributed by atoms with E-state index in [1.165, 1.54) is 11.8 Å². The summed E-state index contributed by atoms with van der Waals surface area (Å²) in [7, 11) is 0. The molecule has 0 aliphatic rings. The molecule has 1 N–H and O–H groups in total. The van der Waals surface area contributed by atoms with Crippen molar-refractivity contribution in [2.45, 2.75) is 9.79 Å². The molecular formula is C12H8Cl2OS. The van der Waals surface area contributed by atoms with Crippen LogP contribution >= 0.6 is 35.0 Å². The number of aromatic hydroxyl groups is 1. The molecule has 0 saturated carbocycles. The van der Waals surface area contributed by atoms with Gasteiger partial charge in [-0.2, -0.15) is 0 Å². The second-order valence-electron chi connectivity index (χ2n) is 3.12. The maximum absolute atomic E-state index is 9.47. The van der Waals surface area contributed by atoms with Crippen LogP contribution in [0.4, 0.5) is 0 Å². The van der Waals surface area contributed by atoms with E-state index in [9.17, 15) is 5.11 Å². The summed E-state index contributed by atoms with van der Waals surface area (Å²) in [6.45, 7) is 0. The SMILES string of the molecule is Oc1cccc(Sc2ccccc2Cl)c1Cl. The standard InChI is InChI=1S/C12H8Cl2OS/c13-8-4-1-2-6-10(8)16-11-7-3-5-9(15)12(11)14/h1-7,15H. The van der Waals surface area contributed by atoms with Gasteiger partial charge in [-0.15, -0.1) is 0 Å². The van der Waals surface area contributed by atoms with Crippen LogP contribution < -0.4 is 0 Å². The van der Waals surface area contributed by atoms with Crippen LogP contribution in [0.5, 0.6) is 5.75 Å². The molecule has 82 valence electrons. The van der Waals surface area contributed by atoms with Gasteiger partial charge in [0.05, 0.1) is 10.0 Å². The minimum atomic E-state index is 0.0821. The van der Waals surface area contributed by atoms with Gasteiger partial charge in [0.1, 0.15) is 5.75 Å². The summed E-state index contributed by atoms with van der Waals surface area (Å²) in [5.41, 5.74) is 0. The quantitative estimate of drug-likeness (QED) is 0.842. The molecule has 4 heteroatoms. The summed E-state index contributed by atoms with van der Waals surface area (Å²) >= 11 is 13.5. The van der Waals surface area contributed by atoms with Gasteiger partial charge in [0, 0.05) is 9.79 Å². The van der Waals surface area contributed by atoms with Crippen molar-refractivity contribution in [2.75, 3.05) is 0 Å². The molecule has 16 heavy (non-hydrogen) atoms. The highest BCUT2D eigenvalue weighted by Crippen LogP contribution is 2.39. The van der Waals surface area contributed by atoms with E-state index in [0.29, 0.717) is 10.0 Å². The Labute approximate surface area is 108 Å². The molecule has 0 radical (unpaired) electrons. The third-order valence-corrected chi connectivity index (χ3v) is 4.09. The minimum Gasteiger partial charge on any atom is -0.506 e. The number of halogens is 2. The molecule has 0 fully saturated rings. The predicted molar refractivity (Wildman–Crippen MR) is 68.7 cm³/mol. The van der Waals surface area contributed by atoms with Crippen molar-refractivity contribution in [3.05, 3.63) is 52.5 Å². The second kappa shape index (κ2) is 5.00. The lowest BCUT2D eigenvalue weighted by molar-refractivity contribution is 0.474. The molecule has 0 bridgehead atoms. The number of benzene rings is 2. The van der Waals surface area contributed by atoms with Gasteiger partial charge in [-0.25, -0.2) is 0 Å². The lowest BCUT2D eigenvalue weighted by atomic mass is 10.3. The Morgan fingerprint density at radius 1 is 0.875 bits per heavy atom. The smallest absolute Gasteiger partial charge is 0.135 e. The molecule has 2 aromatic rings. The largest absolute Gasteiger partial charge is 0.506 e. The van der Waals surface area contributed by atoms with E-state index in [-0.39, 0.29) is 5.75 Å². The van der Waals surface area contributed by atoms with Crippen LogP contribution in [-0.2, 0) is 0 Å². The zero-order valence-corrected chi connectivity index (χ0v) is 10.5. The van der Waals surface area contributed by atoms with Crippen LogP contribution in [0.2, 0.25) is 10.0 Å². The Morgan fingerprint density at radius 2 is 1.56 bits per heavy atom. The Kier molecular flexibility index (Phi) is 3.64. The lowest BCUT2D eigenvalue weighted by Crippen LogP contribution is -1.77. The van der Waals surface area contributed by atoms with Gasteiger partial charge in [0.2, 0.25) is 0 Å². The van der Waals surface area contributed by atoms with Gasteiger partial charge in [0.15, 0.2) is 0 Å². The highest BCUT2D eigenvalue weighted by Gasteiger charge is 2.08. The molecule has 0 aliphatic heterocycles. The average Bonchev–Trinajstić information content (AvgIpc) is 2.28. The van der Waals surface area contributed by atoms with Crippen LogP contribution in [0, 0.1) is 0 Å². The number of rotatable bonds is 2.